The van der Waals surface area contributed by atoms with Gasteiger partial charge in [0.05, 0.1) is 11.8 Å². The average molecular weight is 506 g/mol. The number of ether oxygens (including phenoxy) is 1. The average Bonchev–Trinajstić information content (AvgIpc) is 3.36. The molecule has 3 aromatic carbocycles. The fourth-order valence-corrected chi connectivity index (χ4v) is 4.15. The number of fused-ring (bicyclic) bond motifs is 2. The highest BCUT2D eigenvalue weighted by molar-refractivity contribution is 9.10. The number of halogens is 1. The fraction of sp³-hybridized carbons (Fsp3) is 0.120. The number of rotatable bonds is 5. The summed E-state index contributed by atoms with van der Waals surface area (Å²) in [5.41, 5.74) is 3.79. The van der Waals surface area contributed by atoms with E-state index in [0.29, 0.717) is 22.8 Å². The number of hydrogen-bond donors (Lipinski definition) is 2. The predicted octanol–water partition coefficient (Wildman–Crippen LogP) is 5.26. The van der Waals surface area contributed by atoms with E-state index in [9.17, 15) is 9.59 Å². The van der Waals surface area contributed by atoms with Gasteiger partial charge in [0, 0.05) is 15.5 Å². The van der Waals surface area contributed by atoms with Crippen LogP contribution in [-0.4, -0.2) is 22.9 Å². The summed E-state index contributed by atoms with van der Waals surface area (Å²) >= 11 is 3.40. The molecule has 0 fully saturated rings. The molecule has 8 heteroatoms. The molecule has 4 aromatic rings. The molecule has 1 aliphatic heterocycles. The van der Waals surface area contributed by atoms with Gasteiger partial charge in [0.2, 0.25) is 0 Å². The molecular formula is C25H20BrN3O4. The third-order valence-electron chi connectivity index (χ3n) is 5.45. The molecule has 2 unspecified atom stereocenters. The lowest BCUT2D eigenvalue weighted by Crippen LogP contribution is -2.55. The molecule has 2 N–H and O–H groups in total. The van der Waals surface area contributed by atoms with Crippen LogP contribution in [0.4, 0.5) is 5.69 Å². The first-order valence-electron chi connectivity index (χ1n) is 10.4. The molecule has 0 saturated heterocycles. The number of benzene rings is 3. The molecule has 0 bridgehead atoms. The standard InChI is InChI=1S/C25H20BrN3O4/c1-15(33-21-9-4-7-16-6-2-3-8-18(16)21)24(30)28-29-23(22-10-5-13-32-22)27-20-12-11-17(26)14-19(20)25(29)31/h2-15,23,27H,1H3,(H,28,30). The number of carbonyl (C=O) groups is 2. The van der Waals surface area contributed by atoms with E-state index in [4.69, 9.17) is 9.15 Å². The van der Waals surface area contributed by atoms with Crippen LogP contribution in [0.2, 0.25) is 0 Å². The molecule has 1 aromatic heterocycles. The summed E-state index contributed by atoms with van der Waals surface area (Å²) in [6, 6.07) is 22.3. The van der Waals surface area contributed by atoms with Crippen LogP contribution in [0.3, 0.4) is 0 Å². The van der Waals surface area contributed by atoms with Crippen LogP contribution in [0.5, 0.6) is 5.75 Å². The van der Waals surface area contributed by atoms with E-state index in [0.717, 1.165) is 15.2 Å². The summed E-state index contributed by atoms with van der Waals surface area (Å²) in [6.07, 6.45) is -0.0511. The topological polar surface area (TPSA) is 83.8 Å². The van der Waals surface area contributed by atoms with Gasteiger partial charge in [0.25, 0.3) is 11.8 Å². The second-order valence-electron chi connectivity index (χ2n) is 7.64. The van der Waals surface area contributed by atoms with E-state index < -0.39 is 18.2 Å². The van der Waals surface area contributed by atoms with E-state index in [1.165, 1.54) is 11.3 Å². The Balaban J connectivity index is 1.41. The number of amides is 2. The van der Waals surface area contributed by atoms with Crippen molar-refractivity contribution in [1.29, 1.82) is 0 Å². The maximum Gasteiger partial charge on any atom is 0.279 e. The van der Waals surface area contributed by atoms with Crippen molar-refractivity contribution in [2.45, 2.75) is 19.2 Å². The third kappa shape index (κ3) is 4.05. The van der Waals surface area contributed by atoms with Crippen LogP contribution in [0.15, 0.2) is 87.9 Å². The van der Waals surface area contributed by atoms with Crippen LogP contribution in [0.1, 0.15) is 29.2 Å². The van der Waals surface area contributed by atoms with Crippen molar-refractivity contribution in [1.82, 2.24) is 10.4 Å². The molecule has 0 spiro atoms. The highest BCUT2D eigenvalue weighted by Gasteiger charge is 2.37. The highest BCUT2D eigenvalue weighted by atomic mass is 79.9. The van der Waals surface area contributed by atoms with Crippen molar-refractivity contribution in [3.05, 3.63) is 94.9 Å². The molecule has 166 valence electrons. The Morgan fingerprint density at radius 2 is 1.94 bits per heavy atom. The van der Waals surface area contributed by atoms with E-state index in [2.05, 4.69) is 26.7 Å². The molecule has 33 heavy (non-hydrogen) atoms. The van der Waals surface area contributed by atoms with Crippen molar-refractivity contribution in [3.8, 4) is 5.75 Å². The molecule has 7 nitrogen and oxygen atoms in total. The Kier molecular flexibility index (Phi) is 5.51. The maximum absolute atomic E-state index is 13.3. The van der Waals surface area contributed by atoms with Crippen molar-refractivity contribution in [2.75, 3.05) is 5.32 Å². The zero-order valence-corrected chi connectivity index (χ0v) is 19.2. The number of hydrazine groups is 1. The van der Waals surface area contributed by atoms with Crippen LogP contribution in [-0.2, 0) is 4.79 Å². The third-order valence-corrected chi connectivity index (χ3v) is 5.94. The summed E-state index contributed by atoms with van der Waals surface area (Å²) < 4.78 is 12.3. The Morgan fingerprint density at radius 3 is 2.76 bits per heavy atom. The summed E-state index contributed by atoms with van der Waals surface area (Å²) in [4.78, 5) is 26.4. The van der Waals surface area contributed by atoms with Crippen LogP contribution >= 0.6 is 15.9 Å². The minimum absolute atomic E-state index is 0.364. The maximum atomic E-state index is 13.3. The summed E-state index contributed by atoms with van der Waals surface area (Å²) in [6.45, 7) is 1.64. The molecule has 0 radical (unpaired) electrons. The number of furan rings is 1. The van der Waals surface area contributed by atoms with E-state index >= 15 is 0 Å². The van der Waals surface area contributed by atoms with Crippen molar-refractivity contribution in [2.24, 2.45) is 0 Å². The lowest BCUT2D eigenvalue weighted by molar-refractivity contribution is -0.132. The van der Waals surface area contributed by atoms with Crippen molar-refractivity contribution < 1.29 is 18.7 Å². The molecule has 1 aliphatic rings. The molecule has 5 rings (SSSR count). The van der Waals surface area contributed by atoms with Gasteiger partial charge in [-0.05, 0) is 48.7 Å². The van der Waals surface area contributed by atoms with Gasteiger partial charge in [-0.15, -0.1) is 0 Å². The first-order valence-corrected chi connectivity index (χ1v) is 11.2. The lowest BCUT2D eigenvalue weighted by Gasteiger charge is -2.36. The monoisotopic (exact) mass is 505 g/mol. The Hall–Kier alpha value is -3.78. The van der Waals surface area contributed by atoms with Gasteiger partial charge in [0.15, 0.2) is 12.3 Å². The second-order valence-corrected chi connectivity index (χ2v) is 8.56. The lowest BCUT2D eigenvalue weighted by atomic mass is 10.1. The number of nitrogens with one attached hydrogen (secondary N) is 2. The van der Waals surface area contributed by atoms with E-state index in [1.54, 1.807) is 31.2 Å². The number of nitrogens with zero attached hydrogens (tertiary/aromatic N) is 1. The van der Waals surface area contributed by atoms with Gasteiger partial charge in [-0.1, -0.05) is 52.3 Å². The minimum atomic E-state index is -0.857. The molecule has 2 amide bonds. The first-order chi connectivity index (χ1) is 16.0. The van der Waals surface area contributed by atoms with Gasteiger partial charge < -0.3 is 14.5 Å². The van der Waals surface area contributed by atoms with Crippen LogP contribution in [0, 0.1) is 0 Å². The largest absolute Gasteiger partial charge is 0.480 e. The van der Waals surface area contributed by atoms with Crippen molar-refractivity contribution in [3.63, 3.8) is 0 Å². The molecule has 0 aliphatic carbocycles. The molecule has 0 saturated carbocycles. The van der Waals surface area contributed by atoms with Gasteiger partial charge in [-0.25, -0.2) is 5.01 Å². The SMILES string of the molecule is CC(Oc1cccc2ccccc12)C(=O)NN1C(=O)c2cc(Br)ccc2NC1c1ccco1. The number of hydrogen-bond acceptors (Lipinski definition) is 5. The highest BCUT2D eigenvalue weighted by Crippen LogP contribution is 2.34. The molecule has 2 atom stereocenters. The van der Waals surface area contributed by atoms with Crippen molar-refractivity contribution >= 4 is 44.2 Å². The summed E-state index contributed by atoms with van der Waals surface area (Å²) in [7, 11) is 0. The van der Waals surface area contributed by atoms with Gasteiger partial charge >= 0.3 is 0 Å². The zero-order valence-electron chi connectivity index (χ0n) is 17.6. The second kappa shape index (κ2) is 8.63. The van der Waals surface area contributed by atoms with E-state index in [-0.39, 0.29) is 5.91 Å². The Bertz CT molecular complexity index is 1330. The Labute approximate surface area is 198 Å². The van der Waals surface area contributed by atoms with Gasteiger partial charge in [-0.3, -0.25) is 15.0 Å². The predicted molar refractivity (Wildman–Crippen MR) is 128 cm³/mol. The summed E-state index contributed by atoms with van der Waals surface area (Å²) in [5.74, 6) is 0.251. The quantitative estimate of drug-likeness (QED) is 0.386. The zero-order chi connectivity index (χ0) is 22.9. The van der Waals surface area contributed by atoms with Crippen LogP contribution < -0.4 is 15.5 Å². The number of carbonyl (C=O) groups excluding carboxylic acids is 2. The smallest absolute Gasteiger partial charge is 0.279 e. The minimum Gasteiger partial charge on any atom is -0.480 e. The fourth-order valence-electron chi connectivity index (χ4n) is 3.79. The Morgan fingerprint density at radius 1 is 1.12 bits per heavy atom. The number of anilines is 1. The summed E-state index contributed by atoms with van der Waals surface area (Å²) in [5, 5.41) is 6.41. The van der Waals surface area contributed by atoms with Gasteiger partial charge in [0.1, 0.15) is 11.5 Å². The molecule has 2 heterocycles. The van der Waals surface area contributed by atoms with E-state index in [1.807, 2.05) is 48.5 Å². The normalized spacial score (nSPS) is 16.1. The van der Waals surface area contributed by atoms with Crippen LogP contribution in [0.25, 0.3) is 10.8 Å². The van der Waals surface area contributed by atoms with Gasteiger partial charge in [-0.2, -0.15) is 0 Å². The molecular weight excluding hydrogens is 486 g/mol. The first kappa shape index (κ1) is 21.1.